The van der Waals surface area contributed by atoms with Gasteiger partial charge in [-0.1, -0.05) is 48.5 Å². The molecule has 0 spiro atoms. The number of nitrogens with one attached hydrogen (secondary N) is 2. The average Bonchev–Trinajstić information content (AvgIpc) is 2.85. The van der Waals surface area contributed by atoms with E-state index in [0.29, 0.717) is 38.5 Å². The van der Waals surface area contributed by atoms with Crippen LogP contribution in [-0.4, -0.2) is 74.5 Å². The number of guanidine groups is 2. The number of carboxylic acid groups (broad SMARTS) is 1. The molecule has 0 fully saturated rings. The molecule has 0 aliphatic heterocycles. The van der Waals surface area contributed by atoms with Crippen LogP contribution in [0, 0.1) is 0 Å². The lowest BCUT2D eigenvalue weighted by Crippen LogP contribution is -2.43. The predicted octanol–water partition coefficient (Wildman–Crippen LogP) is 0.365. The van der Waals surface area contributed by atoms with E-state index in [1.165, 1.54) is 0 Å². The number of amides is 1. The topological polar surface area (TPSA) is 174 Å². The normalized spacial score (nSPS) is 12.7. The summed E-state index contributed by atoms with van der Waals surface area (Å²) in [6.07, 6.45) is 0.199. The fourth-order valence-corrected chi connectivity index (χ4v) is 2.88. The van der Waals surface area contributed by atoms with Crippen LogP contribution in [-0.2, 0) is 20.7 Å². The minimum absolute atomic E-state index is 0.00380. The fraction of sp³-hybridized carbons (Fsp3) is 0.333. The van der Waals surface area contributed by atoms with Gasteiger partial charge in [-0.05, 0) is 17.7 Å². The van der Waals surface area contributed by atoms with Crippen LogP contribution in [0.25, 0.3) is 0 Å². The van der Waals surface area contributed by atoms with Crippen LogP contribution >= 0.6 is 0 Å². The Hall–Kier alpha value is -3.96. The summed E-state index contributed by atoms with van der Waals surface area (Å²) in [5.41, 5.74) is 13.0. The van der Waals surface area contributed by atoms with Crippen molar-refractivity contribution in [3.05, 3.63) is 71.8 Å². The first kappa shape index (κ1) is 27.3. The number of benzene rings is 2. The van der Waals surface area contributed by atoms with Crippen molar-refractivity contribution in [2.75, 3.05) is 39.5 Å². The van der Waals surface area contributed by atoms with Crippen LogP contribution in [0.3, 0.4) is 0 Å². The molecule has 0 aliphatic rings. The largest absolute Gasteiger partial charge is 0.480 e. The number of hydrogen-bond donors (Lipinski definition) is 5. The van der Waals surface area contributed by atoms with Crippen molar-refractivity contribution in [2.24, 2.45) is 21.5 Å². The van der Waals surface area contributed by atoms with E-state index in [0.717, 1.165) is 5.56 Å². The molecule has 0 heterocycles. The molecule has 0 aliphatic carbocycles. The highest BCUT2D eigenvalue weighted by Gasteiger charge is 2.17. The van der Waals surface area contributed by atoms with E-state index < -0.39 is 12.0 Å². The van der Waals surface area contributed by atoms with Crippen molar-refractivity contribution >= 4 is 23.8 Å². The number of carboxylic acids is 1. The van der Waals surface area contributed by atoms with Crippen LogP contribution in [0.5, 0.6) is 0 Å². The van der Waals surface area contributed by atoms with E-state index in [9.17, 15) is 14.7 Å². The minimum Gasteiger partial charge on any atom is -0.480 e. The van der Waals surface area contributed by atoms with Crippen molar-refractivity contribution < 1.29 is 24.2 Å². The van der Waals surface area contributed by atoms with Crippen molar-refractivity contribution in [2.45, 2.75) is 12.5 Å². The smallest absolute Gasteiger partial charge is 0.328 e. The lowest BCUT2D eigenvalue weighted by atomic mass is 10.1. The SMILES string of the molecule is NC(=NCCOCCOCCNC(=O)c1ccccc1)NC(N)=N[C@@H](Cc1ccccc1)C(=O)O. The zero-order chi connectivity index (χ0) is 25.3. The Morgan fingerprint density at radius 3 is 2.17 bits per heavy atom. The van der Waals surface area contributed by atoms with Gasteiger partial charge in [-0.25, -0.2) is 9.79 Å². The summed E-state index contributed by atoms with van der Waals surface area (Å²) in [7, 11) is 0. The standard InChI is InChI=1S/C24H32N6O5/c25-23(30-24(26)29-20(22(32)33)17-18-7-3-1-4-8-18)28-12-14-35-16-15-34-13-11-27-21(31)19-9-5-2-6-10-19/h1-10,20H,11-17H2,(H,27,31)(H,32,33)(H5,25,26,28,29,30)/t20-/m0/s1. The highest BCUT2D eigenvalue weighted by Crippen LogP contribution is 2.06. The van der Waals surface area contributed by atoms with E-state index >= 15 is 0 Å². The van der Waals surface area contributed by atoms with E-state index in [4.69, 9.17) is 20.9 Å². The molecule has 188 valence electrons. The minimum atomic E-state index is -1.09. The van der Waals surface area contributed by atoms with Crippen molar-refractivity contribution in [3.63, 3.8) is 0 Å². The Morgan fingerprint density at radius 1 is 0.886 bits per heavy atom. The number of ether oxygens (including phenoxy) is 2. The highest BCUT2D eigenvalue weighted by atomic mass is 16.5. The Labute approximate surface area is 204 Å². The zero-order valence-electron chi connectivity index (χ0n) is 19.4. The number of carbonyl (C=O) groups excluding carboxylic acids is 1. The summed E-state index contributed by atoms with van der Waals surface area (Å²) >= 11 is 0. The number of aliphatic imine (C=N–C) groups is 2. The zero-order valence-corrected chi connectivity index (χ0v) is 19.4. The fourth-order valence-electron chi connectivity index (χ4n) is 2.88. The van der Waals surface area contributed by atoms with Crippen LogP contribution in [0.1, 0.15) is 15.9 Å². The molecule has 35 heavy (non-hydrogen) atoms. The van der Waals surface area contributed by atoms with Gasteiger partial charge in [0.2, 0.25) is 0 Å². The van der Waals surface area contributed by atoms with Crippen LogP contribution in [0.15, 0.2) is 70.6 Å². The Bertz CT molecular complexity index is 969. The third kappa shape index (κ3) is 11.6. The van der Waals surface area contributed by atoms with Gasteiger partial charge in [0.15, 0.2) is 18.0 Å². The average molecular weight is 485 g/mol. The Morgan fingerprint density at radius 2 is 1.51 bits per heavy atom. The third-order valence-corrected chi connectivity index (χ3v) is 4.57. The molecule has 1 amide bonds. The summed E-state index contributed by atoms with van der Waals surface area (Å²) in [5.74, 6) is -1.37. The first-order chi connectivity index (χ1) is 17.0. The quantitative estimate of drug-likeness (QED) is 0.145. The van der Waals surface area contributed by atoms with Crippen molar-refractivity contribution in [1.29, 1.82) is 0 Å². The molecule has 11 heteroatoms. The maximum atomic E-state index is 11.9. The summed E-state index contributed by atoms with van der Waals surface area (Å²) in [6, 6.07) is 17.0. The number of nitrogens with zero attached hydrogens (tertiary/aromatic N) is 2. The van der Waals surface area contributed by atoms with Gasteiger partial charge in [0.1, 0.15) is 0 Å². The van der Waals surface area contributed by atoms with Gasteiger partial charge in [0.25, 0.3) is 5.91 Å². The van der Waals surface area contributed by atoms with E-state index in [1.807, 2.05) is 36.4 Å². The predicted molar refractivity (Wildman–Crippen MR) is 133 cm³/mol. The highest BCUT2D eigenvalue weighted by molar-refractivity contribution is 5.98. The second-order valence-electron chi connectivity index (χ2n) is 7.30. The van der Waals surface area contributed by atoms with Gasteiger partial charge < -0.3 is 31.4 Å². The van der Waals surface area contributed by atoms with E-state index in [2.05, 4.69) is 20.6 Å². The van der Waals surface area contributed by atoms with Gasteiger partial charge in [-0.15, -0.1) is 0 Å². The van der Waals surface area contributed by atoms with E-state index in [1.54, 1.807) is 24.3 Å². The van der Waals surface area contributed by atoms with E-state index in [-0.39, 0.29) is 30.8 Å². The van der Waals surface area contributed by atoms with Crippen LogP contribution < -0.4 is 22.1 Å². The lowest BCUT2D eigenvalue weighted by molar-refractivity contribution is -0.138. The van der Waals surface area contributed by atoms with Crippen LogP contribution in [0.2, 0.25) is 0 Å². The second-order valence-corrected chi connectivity index (χ2v) is 7.30. The number of aliphatic carboxylic acids is 1. The lowest BCUT2D eigenvalue weighted by Gasteiger charge is -2.10. The van der Waals surface area contributed by atoms with Gasteiger partial charge in [0.05, 0.1) is 33.0 Å². The molecule has 0 saturated heterocycles. The molecule has 11 nitrogen and oxygen atoms in total. The monoisotopic (exact) mass is 484 g/mol. The molecule has 2 aromatic carbocycles. The summed E-state index contributed by atoms with van der Waals surface area (Å²) in [5, 5.41) is 14.7. The number of nitrogens with two attached hydrogens (primary N) is 2. The molecule has 0 unspecified atom stereocenters. The second kappa shape index (κ2) is 15.8. The Kier molecular flexibility index (Phi) is 12.3. The molecular weight excluding hydrogens is 452 g/mol. The molecular formula is C24H32N6O5. The van der Waals surface area contributed by atoms with Gasteiger partial charge >= 0.3 is 5.97 Å². The van der Waals surface area contributed by atoms with Gasteiger partial charge in [-0.3, -0.25) is 15.1 Å². The summed E-state index contributed by atoms with van der Waals surface area (Å²) in [4.78, 5) is 31.4. The van der Waals surface area contributed by atoms with Crippen molar-refractivity contribution in [3.8, 4) is 0 Å². The first-order valence-corrected chi connectivity index (χ1v) is 11.1. The number of carbonyl (C=O) groups is 2. The molecule has 0 radical (unpaired) electrons. The molecule has 0 bridgehead atoms. The summed E-state index contributed by atoms with van der Waals surface area (Å²) < 4.78 is 10.8. The Balaban J connectivity index is 1.56. The van der Waals surface area contributed by atoms with Gasteiger partial charge in [0, 0.05) is 18.5 Å². The first-order valence-electron chi connectivity index (χ1n) is 11.1. The van der Waals surface area contributed by atoms with Gasteiger partial charge in [-0.2, -0.15) is 0 Å². The molecule has 7 N–H and O–H groups in total. The summed E-state index contributed by atoms with van der Waals surface area (Å²) in [6.45, 7) is 2.08. The number of rotatable bonds is 14. The number of hydrogen-bond acceptors (Lipinski definition) is 6. The molecule has 0 aromatic heterocycles. The third-order valence-electron chi connectivity index (χ3n) is 4.57. The molecule has 2 rings (SSSR count). The maximum Gasteiger partial charge on any atom is 0.328 e. The molecule has 2 aromatic rings. The van der Waals surface area contributed by atoms with Crippen LogP contribution in [0.4, 0.5) is 0 Å². The maximum absolute atomic E-state index is 11.9. The van der Waals surface area contributed by atoms with Crippen molar-refractivity contribution in [1.82, 2.24) is 10.6 Å². The molecule has 0 saturated carbocycles. The molecule has 1 atom stereocenters.